The van der Waals surface area contributed by atoms with Crippen LogP contribution in [-0.2, 0) is 6.42 Å². The minimum atomic E-state index is 0.192. The second-order valence-electron chi connectivity index (χ2n) is 3.24. The average molecular weight is 226 g/mol. The Morgan fingerprint density at radius 3 is 2.93 bits per heavy atom. The molecule has 14 heavy (non-hydrogen) atoms. The van der Waals surface area contributed by atoms with Gasteiger partial charge in [-0.3, -0.25) is 4.98 Å². The van der Waals surface area contributed by atoms with Crippen LogP contribution in [0.15, 0.2) is 24.4 Å². The highest BCUT2D eigenvalue weighted by Gasteiger charge is 2.16. The largest absolute Gasteiger partial charge is 0.255 e. The molecule has 2 rings (SSSR count). The fourth-order valence-corrected chi connectivity index (χ4v) is 2.66. The van der Waals surface area contributed by atoms with E-state index in [1.807, 2.05) is 6.20 Å². The Balaban J connectivity index is 2.17. The van der Waals surface area contributed by atoms with E-state index in [4.69, 9.17) is 11.6 Å². The number of aromatic nitrogens is 1. The normalized spacial score (nSPS) is 21.0. The van der Waals surface area contributed by atoms with Crippen molar-refractivity contribution >= 4 is 28.3 Å². The Bertz CT molecular complexity index is 345. The van der Waals surface area contributed by atoms with Gasteiger partial charge in [0.05, 0.1) is 10.4 Å². The molecule has 0 aliphatic carbocycles. The van der Waals surface area contributed by atoms with Gasteiger partial charge in [-0.1, -0.05) is 19.1 Å². The van der Waals surface area contributed by atoms with Gasteiger partial charge in [0.15, 0.2) is 0 Å². The molecule has 3 heteroatoms. The number of alkyl halides is 1. The zero-order valence-electron chi connectivity index (χ0n) is 8.03. The number of thioether (sulfide) groups is 1. The summed E-state index contributed by atoms with van der Waals surface area (Å²) in [6.45, 7) is 2.13. The third kappa shape index (κ3) is 2.12. The van der Waals surface area contributed by atoms with E-state index in [1.54, 1.807) is 11.8 Å². The van der Waals surface area contributed by atoms with Crippen LogP contribution in [-0.4, -0.2) is 9.69 Å². The summed E-state index contributed by atoms with van der Waals surface area (Å²) in [4.78, 5) is 5.63. The van der Waals surface area contributed by atoms with E-state index >= 15 is 0 Å². The smallest absolute Gasteiger partial charge is 0.0871 e. The van der Waals surface area contributed by atoms with E-state index in [2.05, 4.69) is 30.1 Å². The first-order valence-electron chi connectivity index (χ1n) is 4.76. The zero-order valence-corrected chi connectivity index (χ0v) is 9.61. The van der Waals surface area contributed by atoms with Crippen molar-refractivity contribution in [2.45, 2.75) is 24.5 Å². The van der Waals surface area contributed by atoms with Gasteiger partial charge in [-0.25, -0.2) is 0 Å². The summed E-state index contributed by atoms with van der Waals surface area (Å²) in [6, 6.07) is 4.21. The number of halogens is 1. The van der Waals surface area contributed by atoms with Crippen LogP contribution in [0.4, 0.5) is 0 Å². The molecule has 0 radical (unpaired) electrons. The lowest BCUT2D eigenvalue weighted by molar-refractivity contribution is 1.10. The molecule has 1 aromatic rings. The Labute approximate surface area is 93.6 Å². The molecule has 0 saturated carbocycles. The maximum Gasteiger partial charge on any atom is 0.0871 e. The number of rotatable bonds is 2. The molecule has 1 atom stereocenters. The third-order valence-electron chi connectivity index (χ3n) is 2.23. The number of aryl methyl sites for hydroxylation is 1. The van der Waals surface area contributed by atoms with Crippen LogP contribution in [0.25, 0.3) is 4.91 Å². The first kappa shape index (κ1) is 10.1. The van der Waals surface area contributed by atoms with Gasteiger partial charge >= 0.3 is 0 Å². The van der Waals surface area contributed by atoms with Crippen LogP contribution < -0.4 is 0 Å². The molecule has 1 aromatic heterocycles. The number of hydrogen-bond acceptors (Lipinski definition) is 2. The zero-order chi connectivity index (χ0) is 9.97. The minimum absolute atomic E-state index is 0.192. The van der Waals surface area contributed by atoms with Crippen molar-refractivity contribution in [3.05, 3.63) is 35.7 Å². The van der Waals surface area contributed by atoms with Crippen LogP contribution in [0, 0.1) is 0 Å². The lowest BCUT2D eigenvalue weighted by atomic mass is 10.2. The minimum Gasteiger partial charge on any atom is -0.255 e. The van der Waals surface area contributed by atoms with Crippen molar-refractivity contribution in [1.29, 1.82) is 0 Å². The molecular weight excluding hydrogens is 214 g/mol. The summed E-state index contributed by atoms with van der Waals surface area (Å²) < 4.78 is 0.192. The van der Waals surface area contributed by atoms with E-state index in [-0.39, 0.29) is 4.71 Å². The topological polar surface area (TPSA) is 12.9 Å². The predicted octanol–water partition coefficient (Wildman–Crippen LogP) is 3.69. The maximum absolute atomic E-state index is 6.00. The summed E-state index contributed by atoms with van der Waals surface area (Å²) in [5.41, 5.74) is 2.33. The molecule has 0 saturated heterocycles. The molecule has 0 spiro atoms. The quantitative estimate of drug-likeness (QED) is 0.713. The Hall–Kier alpha value is -0.470. The van der Waals surface area contributed by atoms with Crippen molar-refractivity contribution in [3.8, 4) is 0 Å². The number of pyridine rings is 1. The molecule has 1 aliphatic heterocycles. The molecule has 0 N–H and O–H groups in total. The number of allylic oxidation sites excluding steroid dienone is 1. The summed E-state index contributed by atoms with van der Waals surface area (Å²) in [5.74, 6) is 0. The van der Waals surface area contributed by atoms with Gasteiger partial charge in [0.25, 0.3) is 0 Å². The van der Waals surface area contributed by atoms with E-state index in [1.165, 1.54) is 10.5 Å². The maximum atomic E-state index is 6.00. The van der Waals surface area contributed by atoms with Crippen LogP contribution >= 0.6 is 23.4 Å². The standard InChI is InChI=1S/C11H12ClNS/c1-2-8-3-4-9(13-7-8)10-5-6-11(12)14-10/h3-5,7,11H,2,6H2,1H3. The highest BCUT2D eigenvalue weighted by atomic mass is 35.5. The van der Waals surface area contributed by atoms with Crippen molar-refractivity contribution in [3.63, 3.8) is 0 Å². The third-order valence-corrected chi connectivity index (χ3v) is 3.75. The summed E-state index contributed by atoms with van der Waals surface area (Å²) in [6.07, 6.45) is 6.09. The van der Waals surface area contributed by atoms with Gasteiger partial charge in [-0.2, -0.15) is 0 Å². The van der Waals surface area contributed by atoms with Gasteiger partial charge in [-0.15, -0.1) is 23.4 Å². The van der Waals surface area contributed by atoms with Gasteiger partial charge in [0.2, 0.25) is 0 Å². The van der Waals surface area contributed by atoms with Crippen LogP contribution in [0.5, 0.6) is 0 Å². The van der Waals surface area contributed by atoms with Gasteiger partial charge < -0.3 is 0 Å². The van der Waals surface area contributed by atoms with Crippen molar-refractivity contribution < 1.29 is 0 Å². The molecule has 0 aromatic carbocycles. The molecule has 2 heterocycles. The van der Waals surface area contributed by atoms with Crippen molar-refractivity contribution in [2.75, 3.05) is 0 Å². The second-order valence-corrected chi connectivity index (χ2v) is 5.27. The van der Waals surface area contributed by atoms with Gasteiger partial charge in [0.1, 0.15) is 0 Å². The van der Waals surface area contributed by atoms with Crippen LogP contribution in [0.1, 0.15) is 24.6 Å². The Morgan fingerprint density at radius 1 is 1.57 bits per heavy atom. The average Bonchev–Trinajstić information content (AvgIpc) is 2.65. The fourth-order valence-electron chi connectivity index (χ4n) is 1.38. The Kier molecular flexibility index (Phi) is 3.14. The summed E-state index contributed by atoms with van der Waals surface area (Å²) in [7, 11) is 0. The SMILES string of the molecule is CCc1ccc(C2=CCC(Cl)S2)nc1. The molecule has 74 valence electrons. The van der Waals surface area contributed by atoms with Crippen LogP contribution in [0.2, 0.25) is 0 Å². The van der Waals surface area contributed by atoms with E-state index in [0.717, 1.165) is 18.5 Å². The van der Waals surface area contributed by atoms with Gasteiger partial charge in [-0.05, 0) is 24.5 Å². The monoisotopic (exact) mass is 225 g/mol. The summed E-state index contributed by atoms with van der Waals surface area (Å²) in [5, 5.41) is 0. The Morgan fingerprint density at radius 2 is 2.43 bits per heavy atom. The first-order valence-corrected chi connectivity index (χ1v) is 6.07. The lowest BCUT2D eigenvalue weighted by Crippen LogP contribution is -1.88. The molecule has 0 bridgehead atoms. The molecule has 1 aliphatic rings. The molecule has 1 unspecified atom stereocenters. The fraction of sp³-hybridized carbons (Fsp3) is 0.364. The number of hydrogen-bond donors (Lipinski definition) is 0. The van der Waals surface area contributed by atoms with Gasteiger partial charge in [0, 0.05) is 11.1 Å². The van der Waals surface area contributed by atoms with Crippen molar-refractivity contribution in [2.24, 2.45) is 0 Å². The summed E-state index contributed by atoms with van der Waals surface area (Å²) >= 11 is 7.69. The van der Waals surface area contributed by atoms with Crippen molar-refractivity contribution in [1.82, 2.24) is 4.98 Å². The van der Waals surface area contributed by atoms with Crippen LogP contribution in [0.3, 0.4) is 0 Å². The second kappa shape index (κ2) is 4.37. The van der Waals surface area contributed by atoms with E-state index in [0.29, 0.717) is 0 Å². The lowest BCUT2D eigenvalue weighted by Gasteiger charge is -2.02. The molecule has 0 fully saturated rings. The first-order chi connectivity index (χ1) is 6.79. The molecule has 0 amide bonds. The van der Waals surface area contributed by atoms with E-state index in [9.17, 15) is 0 Å². The highest BCUT2D eigenvalue weighted by Crippen LogP contribution is 2.40. The highest BCUT2D eigenvalue weighted by molar-refractivity contribution is 8.10. The molecular formula is C11H12ClNS. The molecule has 1 nitrogen and oxygen atoms in total. The van der Waals surface area contributed by atoms with E-state index < -0.39 is 0 Å². The number of nitrogens with zero attached hydrogens (tertiary/aromatic N) is 1. The predicted molar refractivity (Wildman–Crippen MR) is 63.4 cm³/mol.